The number of nitrogens with zero attached hydrogens (tertiary/aromatic N) is 2. The van der Waals surface area contributed by atoms with Crippen LogP contribution in [0, 0.1) is 0 Å². The van der Waals surface area contributed by atoms with Gasteiger partial charge in [-0.2, -0.15) is 0 Å². The first-order valence-corrected chi connectivity index (χ1v) is 7.47. The van der Waals surface area contributed by atoms with Gasteiger partial charge in [0.25, 0.3) is 11.5 Å². The molecule has 0 aliphatic heterocycles. The van der Waals surface area contributed by atoms with Gasteiger partial charge in [-0.05, 0) is 13.3 Å². The van der Waals surface area contributed by atoms with Crippen LogP contribution >= 0.6 is 0 Å². The van der Waals surface area contributed by atoms with Crippen LogP contribution in [0.2, 0.25) is 0 Å². The van der Waals surface area contributed by atoms with E-state index in [1.54, 1.807) is 12.3 Å². The molecule has 0 fully saturated rings. The van der Waals surface area contributed by atoms with Crippen molar-refractivity contribution in [1.82, 2.24) is 14.9 Å². The standard InChI is InChI=1S/C16H21N3O3/c1-4-6-7-17-15(20)13-10-19(5-2)16(21)11-8-14(22-3)18-9-12(11)13/h8-10H,4-7H2,1-3H3,(H,17,20). The number of hydrogen-bond donors (Lipinski definition) is 1. The van der Waals surface area contributed by atoms with Crippen LogP contribution in [0.15, 0.2) is 23.3 Å². The summed E-state index contributed by atoms with van der Waals surface area (Å²) in [7, 11) is 1.49. The fourth-order valence-corrected chi connectivity index (χ4v) is 2.27. The zero-order chi connectivity index (χ0) is 16.1. The molecule has 0 atom stereocenters. The highest BCUT2D eigenvalue weighted by molar-refractivity contribution is 6.06. The molecule has 0 aliphatic rings. The maximum absolute atomic E-state index is 12.4. The van der Waals surface area contributed by atoms with E-state index in [9.17, 15) is 9.59 Å². The average Bonchev–Trinajstić information content (AvgIpc) is 2.55. The maximum atomic E-state index is 12.4. The van der Waals surface area contributed by atoms with Crippen LogP contribution < -0.4 is 15.6 Å². The quantitative estimate of drug-likeness (QED) is 0.828. The molecule has 2 rings (SSSR count). The van der Waals surface area contributed by atoms with Crippen LogP contribution in [0.4, 0.5) is 0 Å². The number of methoxy groups -OCH3 is 1. The van der Waals surface area contributed by atoms with Gasteiger partial charge in [0.1, 0.15) is 0 Å². The summed E-state index contributed by atoms with van der Waals surface area (Å²) in [6, 6.07) is 1.58. The number of carbonyl (C=O) groups excluding carboxylic acids is 1. The number of amides is 1. The molecular weight excluding hydrogens is 282 g/mol. The summed E-state index contributed by atoms with van der Waals surface area (Å²) in [5, 5.41) is 3.87. The molecule has 0 spiro atoms. The van der Waals surface area contributed by atoms with Gasteiger partial charge < -0.3 is 14.6 Å². The van der Waals surface area contributed by atoms with Crippen molar-refractivity contribution in [3.63, 3.8) is 0 Å². The molecule has 2 aromatic rings. The molecule has 118 valence electrons. The highest BCUT2D eigenvalue weighted by Crippen LogP contribution is 2.18. The van der Waals surface area contributed by atoms with Gasteiger partial charge in [-0.1, -0.05) is 13.3 Å². The van der Waals surface area contributed by atoms with E-state index >= 15 is 0 Å². The molecule has 1 N–H and O–H groups in total. The number of rotatable bonds is 6. The van der Waals surface area contributed by atoms with Gasteiger partial charge in [-0.3, -0.25) is 9.59 Å². The molecule has 0 unspecified atom stereocenters. The zero-order valence-corrected chi connectivity index (χ0v) is 13.2. The van der Waals surface area contributed by atoms with E-state index in [0.717, 1.165) is 12.8 Å². The summed E-state index contributed by atoms with van der Waals surface area (Å²) < 4.78 is 6.60. The summed E-state index contributed by atoms with van der Waals surface area (Å²) >= 11 is 0. The summed E-state index contributed by atoms with van der Waals surface area (Å²) in [6.07, 6.45) is 5.04. The molecule has 0 radical (unpaired) electrons. The lowest BCUT2D eigenvalue weighted by Crippen LogP contribution is -2.28. The van der Waals surface area contributed by atoms with Crippen LogP contribution in [0.25, 0.3) is 10.8 Å². The predicted molar refractivity (Wildman–Crippen MR) is 85.5 cm³/mol. The first-order valence-electron chi connectivity index (χ1n) is 7.47. The number of hydrogen-bond acceptors (Lipinski definition) is 4. The lowest BCUT2D eigenvalue weighted by molar-refractivity contribution is 0.0954. The first kappa shape index (κ1) is 16.0. The van der Waals surface area contributed by atoms with Crippen molar-refractivity contribution in [1.29, 1.82) is 0 Å². The minimum absolute atomic E-state index is 0.150. The third kappa shape index (κ3) is 3.10. The van der Waals surface area contributed by atoms with Gasteiger partial charge >= 0.3 is 0 Å². The van der Waals surface area contributed by atoms with Crippen LogP contribution in [0.3, 0.4) is 0 Å². The van der Waals surface area contributed by atoms with Gasteiger partial charge in [0.05, 0.1) is 18.1 Å². The number of pyridine rings is 2. The van der Waals surface area contributed by atoms with Gasteiger partial charge in [0.15, 0.2) is 0 Å². The Balaban J connectivity index is 2.55. The SMILES string of the molecule is CCCCNC(=O)c1cn(CC)c(=O)c2cc(OC)ncc12. The molecular formula is C16H21N3O3. The Morgan fingerprint density at radius 2 is 2.14 bits per heavy atom. The van der Waals surface area contributed by atoms with Crippen LogP contribution in [-0.4, -0.2) is 29.1 Å². The third-order valence-electron chi connectivity index (χ3n) is 3.56. The van der Waals surface area contributed by atoms with E-state index < -0.39 is 0 Å². The van der Waals surface area contributed by atoms with Crippen LogP contribution in [0.1, 0.15) is 37.0 Å². The van der Waals surface area contributed by atoms with Gasteiger partial charge in [0.2, 0.25) is 5.88 Å². The van der Waals surface area contributed by atoms with E-state index in [-0.39, 0.29) is 11.5 Å². The van der Waals surface area contributed by atoms with Crippen LogP contribution in [0.5, 0.6) is 5.88 Å². The summed E-state index contributed by atoms with van der Waals surface area (Å²) in [4.78, 5) is 28.9. The Morgan fingerprint density at radius 3 is 2.77 bits per heavy atom. The van der Waals surface area contributed by atoms with Crippen molar-refractivity contribution in [2.45, 2.75) is 33.2 Å². The highest BCUT2D eigenvalue weighted by Gasteiger charge is 2.15. The summed E-state index contributed by atoms with van der Waals surface area (Å²) in [5.74, 6) is 0.170. The number of fused-ring (bicyclic) bond motifs is 1. The van der Waals surface area contributed by atoms with Gasteiger partial charge in [0, 0.05) is 36.9 Å². The molecule has 6 heteroatoms. The average molecular weight is 303 g/mol. The molecule has 6 nitrogen and oxygen atoms in total. The van der Waals surface area contributed by atoms with Crippen molar-refractivity contribution >= 4 is 16.7 Å². The number of ether oxygens (including phenoxy) is 1. The lowest BCUT2D eigenvalue weighted by Gasteiger charge is -2.11. The molecule has 0 aliphatic carbocycles. The molecule has 22 heavy (non-hydrogen) atoms. The van der Waals surface area contributed by atoms with E-state index in [1.807, 2.05) is 6.92 Å². The largest absolute Gasteiger partial charge is 0.481 e. The topological polar surface area (TPSA) is 73.2 Å². The fraction of sp³-hybridized carbons (Fsp3) is 0.438. The minimum Gasteiger partial charge on any atom is -0.481 e. The molecule has 0 aromatic carbocycles. The Morgan fingerprint density at radius 1 is 1.36 bits per heavy atom. The second-order valence-corrected chi connectivity index (χ2v) is 5.02. The van der Waals surface area contributed by atoms with E-state index in [4.69, 9.17) is 4.74 Å². The Labute approximate surface area is 129 Å². The van der Waals surface area contributed by atoms with E-state index in [0.29, 0.717) is 35.3 Å². The van der Waals surface area contributed by atoms with Crippen molar-refractivity contribution in [3.05, 3.63) is 34.4 Å². The first-order chi connectivity index (χ1) is 10.6. The van der Waals surface area contributed by atoms with E-state index in [1.165, 1.54) is 17.9 Å². The monoisotopic (exact) mass is 303 g/mol. The summed E-state index contributed by atoms with van der Waals surface area (Å²) in [5.41, 5.74) is 0.311. The normalized spacial score (nSPS) is 10.7. The molecule has 0 bridgehead atoms. The molecule has 2 heterocycles. The van der Waals surface area contributed by atoms with Gasteiger partial charge in [-0.15, -0.1) is 0 Å². The maximum Gasteiger partial charge on any atom is 0.258 e. The van der Waals surface area contributed by atoms with Crippen molar-refractivity contribution in [2.75, 3.05) is 13.7 Å². The number of carbonyl (C=O) groups is 1. The summed E-state index contributed by atoms with van der Waals surface area (Å²) in [6.45, 7) is 5.04. The molecule has 0 saturated heterocycles. The number of aryl methyl sites for hydroxylation is 1. The third-order valence-corrected chi connectivity index (χ3v) is 3.56. The van der Waals surface area contributed by atoms with Crippen LogP contribution in [-0.2, 0) is 6.54 Å². The second-order valence-electron chi connectivity index (χ2n) is 5.02. The predicted octanol–water partition coefficient (Wildman–Crippen LogP) is 1.95. The Hall–Kier alpha value is -2.37. The number of unbranched alkanes of at least 4 members (excludes halogenated alkanes) is 1. The highest BCUT2D eigenvalue weighted by atomic mass is 16.5. The molecule has 2 aromatic heterocycles. The number of nitrogens with one attached hydrogen (secondary N) is 1. The van der Waals surface area contributed by atoms with Crippen molar-refractivity contribution in [2.24, 2.45) is 0 Å². The van der Waals surface area contributed by atoms with Gasteiger partial charge in [-0.25, -0.2) is 4.98 Å². The second kappa shape index (κ2) is 7.06. The lowest BCUT2D eigenvalue weighted by atomic mass is 10.1. The molecule has 1 amide bonds. The Kier molecular flexibility index (Phi) is 5.14. The smallest absolute Gasteiger partial charge is 0.258 e. The minimum atomic E-state index is -0.187. The van der Waals surface area contributed by atoms with Crippen molar-refractivity contribution < 1.29 is 9.53 Å². The fourth-order valence-electron chi connectivity index (χ4n) is 2.27. The Bertz CT molecular complexity index is 737. The molecule has 0 saturated carbocycles. The number of aromatic nitrogens is 2. The zero-order valence-electron chi connectivity index (χ0n) is 13.2. The van der Waals surface area contributed by atoms with Crippen molar-refractivity contribution in [3.8, 4) is 5.88 Å². The van der Waals surface area contributed by atoms with E-state index in [2.05, 4.69) is 17.2 Å².